The Labute approximate surface area is 131 Å². The Kier molecular flexibility index (Phi) is 3.66. The van der Waals surface area contributed by atoms with Crippen LogP contribution < -0.4 is 0 Å². The van der Waals surface area contributed by atoms with Gasteiger partial charge in [-0.3, -0.25) is 4.99 Å². The van der Waals surface area contributed by atoms with Crippen molar-refractivity contribution in [2.45, 2.75) is 37.5 Å². The van der Waals surface area contributed by atoms with Crippen LogP contribution in [0.4, 0.5) is 0 Å². The quantitative estimate of drug-likeness (QED) is 0.735. The summed E-state index contributed by atoms with van der Waals surface area (Å²) in [7, 11) is 0. The number of hydrogen-bond acceptors (Lipinski definition) is 2. The molecule has 0 spiro atoms. The lowest BCUT2D eigenvalue weighted by molar-refractivity contribution is 0.414. The summed E-state index contributed by atoms with van der Waals surface area (Å²) in [6, 6.07) is 21.3. The molecule has 0 aromatic heterocycles. The highest BCUT2D eigenvalue weighted by Gasteiger charge is 2.40. The fourth-order valence-electron chi connectivity index (χ4n) is 3.07. The Morgan fingerprint density at radius 3 is 2.05 bits per heavy atom. The van der Waals surface area contributed by atoms with Gasteiger partial charge in [0.1, 0.15) is 0 Å². The summed E-state index contributed by atoms with van der Waals surface area (Å²) in [5, 5.41) is 1.15. The zero-order valence-corrected chi connectivity index (χ0v) is 13.7. The molecule has 0 saturated heterocycles. The second kappa shape index (κ2) is 5.34. The van der Waals surface area contributed by atoms with Crippen molar-refractivity contribution in [1.82, 2.24) is 0 Å². The highest BCUT2D eigenvalue weighted by molar-refractivity contribution is 8.15. The molecule has 0 N–H and O–H groups in total. The molecule has 1 heterocycles. The van der Waals surface area contributed by atoms with Gasteiger partial charge in [0.2, 0.25) is 0 Å². The summed E-state index contributed by atoms with van der Waals surface area (Å²) >= 11 is 1.89. The average Bonchev–Trinajstić information content (AvgIpc) is 2.47. The molecule has 21 heavy (non-hydrogen) atoms. The van der Waals surface area contributed by atoms with Crippen LogP contribution in [0.15, 0.2) is 65.7 Å². The van der Waals surface area contributed by atoms with E-state index in [-0.39, 0.29) is 10.3 Å². The second-order valence-electron chi connectivity index (χ2n) is 6.47. The van der Waals surface area contributed by atoms with Crippen molar-refractivity contribution in [3.63, 3.8) is 0 Å². The first-order valence-electron chi connectivity index (χ1n) is 7.38. The smallest absolute Gasteiger partial charge is 0.0992 e. The normalized spacial score (nSPS) is 24.4. The largest absolute Gasteiger partial charge is 0.272 e. The fourth-order valence-corrected chi connectivity index (χ4v) is 4.72. The van der Waals surface area contributed by atoms with Crippen molar-refractivity contribution in [1.29, 1.82) is 0 Å². The van der Waals surface area contributed by atoms with E-state index in [0.717, 1.165) is 11.5 Å². The van der Waals surface area contributed by atoms with Gasteiger partial charge >= 0.3 is 0 Å². The van der Waals surface area contributed by atoms with Crippen molar-refractivity contribution in [3.05, 3.63) is 71.8 Å². The van der Waals surface area contributed by atoms with Crippen LogP contribution in [-0.4, -0.2) is 10.6 Å². The van der Waals surface area contributed by atoms with Crippen molar-refractivity contribution in [2.24, 2.45) is 4.99 Å². The van der Waals surface area contributed by atoms with Crippen LogP contribution in [-0.2, 0) is 4.75 Å². The lowest BCUT2D eigenvalue weighted by atomic mass is 9.86. The monoisotopic (exact) mass is 295 g/mol. The molecule has 2 aromatic rings. The molecule has 0 fully saturated rings. The summed E-state index contributed by atoms with van der Waals surface area (Å²) in [5.41, 5.74) is 2.56. The number of benzene rings is 2. The third kappa shape index (κ3) is 3.06. The summed E-state index contributed by atoms with van der Waals surface area (Å²) in [6.45, 7) is 6.81. The molecule has 0 radical (unpaired) electrons. The molecule has 108 valence electrons. The Hall–Kier alpha value is -1.54. The number of rotatable bonds is 2. The molecule has 3 rings (SSSR count). The van der Waals surface area contributed by atoms with Gasteiger partial charge in [-0.15, -0.1) is 0 Å². The lowest BCUT2D eigenvalue weighted by Crippen LogP contribution is -2.36. The molecule has 0 saturated carbocycles. The zero-order chi connectivity index (χ0) is 14.9. The van der Waals surface area contributed by atoms with Crippen molar-refractivity contribution < 1.29 is 0 Å². The fraction of sp³-hybridized carbons (Fsp3) is 0.316. The maximum atomic E-state index is 4.98. The van der Waals surface area contributed by atoms with E-state index in [0.29, 0.717) is 0 Å². The molecule has 0 amide bonds. The Morgan fingerprint density at radius 1 is 0.857 bits per heavy atom. The standard InChI is InChI=1S/C19H21NS/c1-18(2)14-19(3,16-12-8-5-9-13-16)21-17(20-18)15-10-6-4-7-11-15/h4-13H,14H2,1-3H3. The Balaban J connectivity index is 2.03. The van der Waals surface area contributed by atoms with Gasteiger partial charge in [-0.2, -0.15) is 0 Å². The molecule has 1 unspecified atom stereocenters. The highest BCUT2D eigenvalue weighted by atomic mass is 32.2. The van der Waals surface area contributed by atoms with Crippen LogP contribution in [0.5, 0.6) is 0 Å². The molecule has 2 heteroatoms. The minimum Gasteiger partial charge on any atom is -0.272 e. The minimum atomic E-state index is -0.0407. The SMILES string of the molecule is CC1(C)CC(C)(c2ccccc2)SC(c2ccccc2)=N1. The zero-order valence-electron chi connectivity index (χ0n) is 12.8. The number of thioether (sulfide) groups is 1. The minimum absolute atomic E-state index is 0.0407. The first-order chi connectivity index (χ1) is 9.99. The first-order valence-corrected chi connectivity index (χ1v) is 8.20. The topological polar surface area (TPSA) is 12.4 Å². The lowest BCUT2D eigenvalue weighted by Gasteiger charge is -2.40. The van der Waals surface area contributed by atoms with Crippen LogP contribution in [0, 0.1) is 0 Å². The molecular formula is C19H21NS. The second-order valence-corrected chi connectivity index (χ2v) is 7.96. The number of aliphatic imine (C=N–C) groups is 1. The molecule has 1 nitrogen and oxygen atoms in total. The van der Waals surface area contributed by atoms with E-state index in [1.165, 1.54) is 11.1 Å². The van der Waals surface area contributed by atoms with Crippen LogP contribution in [0.3, 0.4) is 0 Å². The van der Waals surface area contributed by atoms with Gasteiger partial charge in [-0.05, 0) is 32.8 Å². The van der Waals surface area contributed by atoms with Gasteiger partial charge in [0, 0.05) is 10.3 Å². The molecule has 2 aromatic carbocycles. The molecule has 0 bridgehead atoms. The van der Waals surface area contributed by atoms with E-state index in [1.807, 2.05) is 11.8 Å². The third-order valence-corrected chi connectivity index (χ3v) is 5.25. The van der Waals surface area contributed by atoms with E-state index in [9.17, 15) is 0 Å². The maximum absolute atomic E-state index is 4.98. The van der Waals surface area contributed by atoms with E-state index in [4.69, 9.17) is 4.99 Å². The maximum Gasteiger partial charge on any atom is 0.0992 e. The molecule has 1 atom stereocenters. The van der Waals surface area contributed by atoms with Crippen LogP contribution >= 0.6 is 11.8 Å². The van der Waals surface area contributed by atoms with Crippen LogP contribution in [0.1, 0.15) is 38.3 Å². The highest BCUT2D eigenvalue weighted by Crippen LogP contribution is 2.48. The van der Waals surface area contributed by atoms with E-state index in [1.54, 1.807) is 0 Å². The van der Waals surface area contributed by atoms with Gasteiger partial charge in [-0.1, -0.05) is 72.4 Å². The van der Waals surface area contributed by atoms with E-state index in [2.05, 4.69) is 81.4 Å². The average molecular weight is 295 g/mol. The van der Waals surface area contributed by atoms with E-state index >= 15 is 0 Å². The van der Waals surface area contributed by atoms with Gasteiger partial charge < -0.3 is 0 Å². The van der Waals surface area contributed by atoms with Crippen molar-refractivity contribution in [3.8, 4) is 0 Å². The van der Waals surface area contributed by atoms with Crippen LogP contribution in [0.2, 0.25) is 0 Å². The van der Waals surface area contributed by atoms with Gasteiger partial charge in [0.05, 0.1) is 10.6 Å². The number of nitrogens with zero attached hydrogens (tertiary/aromatic N) is 1. The van der Waals surface area contributed by atoms with Crippen LogP contribution in [0.25, 0.3) is 0 Å². The van der Waals surface area contributed by atoms with Gasteiger partial charge in [0.25, 0.3) is 0 Å². The predicted molar refractivity (Wildman–Crippen MR) is 93.1 cm³/mol. The van der Waals surface area contributed by atoms with Crippen molar-refractivity contribution in [2.75, 3.05) is 0 Å². The number of hydrogen-bond donors (Lipinski definition) is 0. The van der Waals surface area contributed by atoms with Gasteiger partial charge in [-0.25, -0.2) is 0 Å². The summed E-state index contributed by atoms with van der Waals surface area (Å²) in [6.07, 6.45) is 1.05. The first kappa shape index (κ1) is 14.4. The molecular weight excluding hydrogens is 274 g/mol. The van der Waals surface area contributed by atoms with E-state index < -0.39 is 0 Å². The third-order valence-electron chi connectivity index (χ3n) is 3.90. The summed E-state index contributed by atoms with van der Waals surface area (Å²) < 4.78 is 0.0671. The van der Waals surface area contributed by atoms with Gasteiger partial charge in [0.15, 0.2) is 0 Å². The summed E-state index contributed by atoms with van der Waals surface area (Å²) in [5.74, 6) is 0. The Bertz CT molecular complexity index is 646. The van der Waals surface area contributed by atoms with Crippen molar-refractivity contribution >= 4 is 16.8 Å². The summed E-state index contributed by atoms with van der Waals surface area (Å²) in [4.78, 5) is 4.98. The molecule has 1 aliphatic heterocycles. The predicted octanol–water partition coefficient (Wildman–Crippen LogP) is 5.26. The molecule has 1 aliphatic rings. The molecule has 0 aliphatic carbocycles. The Morgan fingerprint density at radius 2 is 1.43 bits per heavy atom.